The van der Waals surface area contributed by atoms with Crippen molar-refractivity contribution in [2.75, 3.05) is 0 Å². The Labute approximate surface area is 69.1 Å². The average molecular weight is 181 g/mol. The van der Waals surface area contributed by atoms with Crippen molar-refractivity contribution in [1.29, 1.82) is 0 Å². The molecule has 0 spiro atoms. The van der Waals surface area contributed by atoms with Gasteiger partial charge in [-0.3, -0.25) is 4.79 Å². The number of carboxylic acids is 1. The van der Waals surface area contributed by atoms with Crippen LogP contribution in [0, 0.1) is 0 Å². The molecule has 0 rings (SSSR count). The van der Waals surface area contributed by atoms with Gasteiger partial charge in [0.2, 0.25) is 0 Å². The molecule has 0 aromatic carbocycles. The molecule has 0 aliphatic carbocycles. The van der Waals surface area contributed by atoms with Gasteiger partial charge in [0.25, 0.3) is 0 Å². The van der Waals surface area contributed by atoms with Crippen LogP contribution in [0.3, 0.4) is 0 Å². The van der Waals surface area contributed by atoms with Gasteiger partial charge in [0.15, 0.2) is 6.10 Å². The van der Waals surface area contributed by atoms with Crippen molar-refractivity contribution in [2.24, 2.45) is 0 Å². The van der Waals surface area contributed by atoms with E-state index < -0.39 is 23.4 Å². The minimum atomic E-state index is -1.18. The summed E-state index contributed by atoms with van der Waals surface area (Å²) in [5, 5.41) is 7.48. The Morgan fingerprint density at radius 2 is 1.91 bits per heavy atom. The molecule has 64 valence electrons. The van der Waals surface area contributed by atoms with Crippen molar-refractivity contribution in [1.82, 2.24) is 0 Å². The van der Waals surface area contributed by atoms with Crippen LogP contribution in [0.5, 0.6) is 0 Å². The Bertz CT molecular complexity index is 166. The molecule has 0 aromatic rings. The third-order valence-electron chi connectivity index (χ3n) is 0.965. The van der Waals surface area contributed by atoms with Crippen LogP contribution in [-0.4, -0.2) is 28.5 Å². The topological polar surface area (TPSA) is 63.6 Å². The first-order chi connectivity index (χ1) is 4.95. The molecule has 0 unspecified atom stereocenters. The highest BCUT2D eigenvalue weighted by atomic mass is 35.5. The van der Waals surface area contributed by atoms with Crippen LogP contribution >= 0.6 is 11.6 Å². The second-order valence-corrected chi connectivity index (χ2v) is 2.69. The zero-order chi connectivity index (χ0) is 9.02. The molecule has 0 radical (unpaired) electrons. The number of esters is 1. The molecule has 0 saturated carbocycles. The van der Waals surface area contributed by atoms with E-state index in [0.29, 0.717) is 0 Å². The lowest BCUT2D eigenvalue weighted by molar-refractivity contribution is -0.162. The Balaban J connectivity index is 3.85. The molecule has 0 saturated heterocycles. The summed E-state index contributed by atoms with van der Waals surface area (Å²) in [6, 6.07) is 0. The number of alkyl halides is 1. The normalized spacial score (nSPS) is 15.2. The fraction of sp³-hybridized carbons (Fsp3) is 0.667. The number of hydrogen-bond acceptors (Lipinski definition) is 3. The molecule has 0 aliphatic rings. The summed E-state index contributed by atoms with van der Waals surface area (Å²) >= 11 is 5.31. The summed E-state index contributed by atoms with van der Waals surface area (Å²) in [6.07, 6.45) is -1.14. The monoisotopic (exact) mass is 180 g/mol. The summed E-state index contributed by atoms with van der Waals surface area (Å²) in [6.45, 7) is 2.68. The van der Waals surface area contributed by atoms with Gasteiger partial charge >= 0.3 is 11.9 Å². The average Bonchev–Trinajstić information content (AvgIpc) is 1.87. The maximum absolute atomic E-state index is 10.6. The largest absolute Gasteiger partial charge is 0.479 e. The van der Waals surface area contributed by atoms with Gasteiger partial charge in [-0.2, -0.15) is 0 Å². The molecule has 11 heavy (non-hydrogen) atoms. The van der Waals surface area contributed by atoms with Crippen LogP contribution in [-0.2, 0) is 14.3 Å². The minimum absolute atomic E-state index is 0.721. The van der Waals surface area contributed by atoms with Gasteiger partial charge in [-0.15, -0.1) is 11.6 Å². The predicted octanol–water partition coefficient (Wildman–Crippen LogP) is 0.630. The van der Waals surface area contributed by atoms with Crippen molar-refractivity contribution in [3.05, 3.63) is 0 Å². The number of halogens is 1. The maximum atomic E-state index is 10.6. The van der Waals surface area contributed by atoms with Crippen LogP contribution < -0.4 is 0 Å². The minimum Gasteiger partial charge on any atom is -0.479 e. The summed E-state index contributed by atoms with van der Waals surface area (Å²) in [5.74, 6) is -1.91. The van der Waals surface area contributed by atoms with Crippen LogP contribution in [0.15, 0.2) is 0 Å². The van der Waals surface area contributed by atoms with Gasteiger partial charge < -0.3 is 9.84 Å². The number of carboxylic acid groups (broad SMARTS) is 1. The molecule has 4 nitrogen and oxygen atoms in total. The van der Waals surface area contributed by atoms with E-state index in [1.807, 2.05) is 0 Å². The van der Waals surface area contributed by atoms with Crippen molar-refractivity contribution in [3.8, 4) is 0 Å². The standard InChI is InChI=1S/C6H9ClO4/c1-3(7)6(10)11-4(2)5(8)9/h3-4H,1-2H3,(H,8,9)/t3-,4-/m1/s1. The number of aliphatic carboxylic acids is 1. The summed E-state index contributed by atoms with van der Waals surface area (Å²) < 4.78 is 4.40. The highest BCUT2D eigenvalue weighted by Crippen LogP contribution is 2.00. The lowest BCUT2D eigenvalue weighted by Crippen LogP contribution is -2.27. The number of rotatable bonds is 3. The Morgan fingerprint density at radius 3 is 2.18 bits per heavy atom. The number of hydrogen-bond donors (Lipinski definition) is 1. The summed E-state index contributed by atoms with van der Waals surface area (Å²) in [7, 11) is 0. The van der Waals surface area contributed by atoms with E-state index >= 15 is 0 Å². The Hall–Kier alpha value is -0.770. The quantitative estimate of drug-likeness (QED) is 0.511. The third-order valence-corrected chi connectivity index (χ3v) is 1.14. The third kappa shape index (κ3) is 3.83. The Kier molecular flexibility index (Phi) is 3.89. The zero-order valence-electron chi connectivity index (χ0n) is 6.20. The molecule has 0 bridgehead atoms. The smallest absolute Gasteiger partial charge is 0.344 e. The van der Waals surface area contributed by atoms with Crippen molar-refractivity contribution in [2.45, 2.75) is 25.3 Å². The highest BCUT2D eigenvalue weighted by molar-refractivity contribution is 6.29. The molecule has 0 aliphatic heterocycles. The van der Waals surface area contributed by atoms with E-state index in [9.17, 15) is 9.59 Å². The number of carbonyl (C=O) groups is 2. The molecular weight excluding hydrogens is 172 g/mol. The second-order valence-electron chi connectivity index (χ2n) is 2.03. The first kappa shape index (κ1) is 10.2. The molecule has 0 amide bonds. The first-order valence-electron chi connectivity index (χ1n) is 3.02. The van der Waals surface area contributed by atoms with Crippen LogP contribution in [0.2, 0.25) is 0 Å². The summed E-state index contributed by atoms with van der Waals surface area (Å²) in [5.41, 5.74) is 0. The SMILES string of the molecule is C[C@@H](Cl)C(=O)O[C@H](C)C(=O)O. The predicted molar refractivity (Wildman–Crippen MR) is 38.5 cm³/mol. The van der Waals surface area contributed by atoms with E-state index in [1.165, 1.54) is 13.8 Å². The van der Waals surface area contributed by atoms with Crippen LogP contribution in [0.4, 0.5) is 0 Å². The molecule has 0 aromatic heterocycles. The number of carbonyl (C=O) groups excluding carboxylic acids is 1. The molecular formula is C6H9ClO4. The molecule has 5 heteroatoms. The van der Waals surface area contributed by atoms with Gasteiger partial charge in [0.05, 0.1) is 0 Å². The van der Waals surface area contributed by atoms with E-state index in [0.717, 1.165) is 0 Å². The first-order valence-corrected chi connectivity index (χ1v) is 3.46. The van der Waals surface area contributed by atoms with Gasteiger partial charge in [0, 0.05) is 0 Å². The Morgan fingerprint density at radius 1 is 1.45 bits per heavy atom. The highest BCUT2D eigenvalue weighted by Gasteiger charge is 2.19. The van der Waals surface area contributed by atoms with E-state index in [1.54, 1.807) is 0 Å². The number of ether oxygens (including phenoxy) is 1. The lowest BCUT2D eigenvalue weighted by atomic mass is 10.4. The van der Waals surface area contributed by atoms with Crippen molar-refractivity contribution in [3.63, 3.8) is 0 Å². The maximum Gasteiger partial charge on any atom is 0.344 e. The fourth-order valence-corrected chi connectivity index (χ4v) is 0.370. The van der Waals surface area contributed by atoms with E-state index in [2.05, 4.69) is 4.74 Å². The molecule has 0 heterocycles. The van der Waals surface area contributed by atoms with Gasteiger partial charge in [-0.25, -0.2) is 4.79 Å². The van der Waals surface area contributed by atoms with Crippen LogP contribution in [0.1, 0.15) is 13.8 Å². The lowest BCUT2D eigenvalue weighted by Gasteiger charge is -2.08. The molecule has 0 fully saturated rings. The van der Waals surface area contributed by atoms with E-state index in [4.69, 9.17) is 16.7 Å². The van der Waals surface area contributed by atoms with E-state index in [-0.39, 0.29) is 0 Å². The van der Waals surface area contributed by atoms with Gasteiger partial charge in [0.1, 0.15) is 5.38 Å². The van der Waals surface area contributed by atoms with Crippen molar-refractivity contribution < 1.29 is 19.4 Å². The van der Waals surface area contributed by atoms with Gasteiger partial charge in [-0.1, -0.05) is 0 Å². The fourth-order valence-electron chi connectivity index (χ4n) is 0.318. The summed E-state index contributed by atoms with van der Waals surface area (Å²) in [4.78, 5) is 20.8. The van der Waals surface area contributed by atoms with Crippen LogP contribution in [0.25, 0.3) is 0 Å². The zero-order valence-corrected chi connectivity index (χ0v) is 6.96. The van der Waals surface area contributed by atoms with Crippen molar-refractivity contribution >= 4 is 23.5 Å². The second kappa shape index (κ2) is 4.18. The molecule has 1 N–H and O–H groups in total. The molecule has 2 atom stereocenters. The van der Waals surface area contributed by atoms with Gasteiger partial charge in [-0.05, 0) is 13.8 Å².